The molecule has 0 aliphatic rings. The molecule has 4 unspecified atom stereocenters. The Hall–Kier alpha value is -1.84. The topological polar surface area (TPSA) is 52.6 Å². The third-order valence-corrected chi connectivity index (χ3v) is 13.8. The van der Waals surface area contributed by atoms with E-state index in [4.69, 9.17) is 9.47 Å². The second kappa shape index (κ2) is 41.2. The molecule has 0 aliphatic carbocycles. The van der Waals surface area contributed by atoms with E-state index in [9.17, 15) is 9.59 Å². The minimum Gasteiger partial charge on any atom is -0.462 e. The molecule has 4 heteroatoms. The monoisotopic (exact) mass is 839 g/mol. The van der Waals surface area contributed by atoms with Crippen molar-refractivity contribution in [3.05, 3.63) is 35.4 Å². The van der Waals surface area contributed by atoms with Crippen molar-refractivity contribution in [2.24, 2.45) is 23.7 Å². The Labute approximate surface area is 374 Å². The predicted octanol–water partition coefficient (Wildman–Crippen LogP) is 18.6. The van der Waals surface area contributed by atoms with Gasteiger partial charge >= 0.3 is 11.9 Å². The normalized spacial score (nSPS) is 13.6. The van der Waals surface area contributed by atoms with Gasteiger partial charge in [-0.25, -0.2) is 9.59 Å². The van der Waals surface area contributed by atoms with Gasteiger partial charge in [-0.15, -0.1) is 0 Å². The lowest BCUT2D eigenvalue weighted by molar-refractivity contribution is 0.0450. The summed E-state index contributed by atoms with van der Waals surface area (Å²) in [6.45, 7) is 15.0. The number of benzene rings is 1. The van der Waals surface area contributed by atoms with Crippen LogP contribution in [0.15, 0.2) is 24.3 Å². The zero-order valence-corrected chi connectivity index (χ0v) is 41.1. The average molecular weight is 839 g/mol. The van der Waals surface area contributed by atoms with Gasteiger partial charge in [0.05, 0.1) is 24.3 Å². The lowest BCUT2D eigenvalue weighted by Crippen LogP contribution is -2.15. The number of carbonyl (C=O) groups is 2. The van der Waals surface area contributed by atoms with E-state index in [1.807, 2.05) is 0 Å². The minimum atomic E-state index is -0.414. The van der Waals surface area contributed by atoms with E-state index in [-0.39, 0.29) is 0 Å². The standard InChI is InChI=1S/C56H102O4/c1-7-11-15-19-23-29-39-49(5)51(41-31-25-21-17-13-9-3)43-33-27-37-47-59-55(57)53-45-35-36-46-54(53)56(58)60-48-38-28-34-44-52(42-32-26-22-18-14-10-4)50(6)40-30-24-20-16-12-8-2/h35-36,45-46,49-52H,7-34,37-44,47-48H2,1-6H3. The van der Waals surface area contributed by atoms with Crippen molar-refractivity contribution in [1.29, 1.82) is 0 Å². The number of carbonyl (C=O) groups excluding carboxylic acids is 2. The van der Waals surface area contributed by atoms with Crippen molar-refractivity contribution < 1.29 is 19.1 Å². The summed E-state index contributed by atoms with van der Waals surface area (Å²) < 4.78 is 11.5. The molecule has 0 heterocycles. The summed E-state index contributed by atoms with van der Waals surface area (Å²) in [5.41, 5.74) is 0.642. The molecule has 0 saturated carbocycles. The van der Waals surface area contributed by atoms with Crippen LogP contribution >= 0.6 is 0 Å². The maximum Gasteiger partial charge on any atom is 0.339 e. The molecular formula is C56H102O4. The third kappa shape index (κ3) is 30.2. The maximum absolute atomic E-state index is 13.2. The van der Waals surface area contributed by atoms with Crippen molar-refractivity contribution in [3.8, 4) is 0 Å². The van der Waals surface area contributed by atoms with E-state index in [2.05, 4.69) is 41.5 Å². The largest absolute Gasteiger partial charge is 0.462 e. The van der Waals surface area contributed by atoms with Crippen molar-refractivity contribution in [1.82, 2.24) is 0 Å². The average Bonchev–Trinajstić information content (AvgIpc) is 3.26. The van der Waals surface area contributed by atoms with Crippen LogP contribution in [0.2, 0.25) is 0 Å². The van der Waals surface area contributed by atoms with E-state index >= 15 is 0 Å². The maximum atomic E-state index is 13.2. The van der Waals surface area contributed by atoms with Gasteiger partial charge in [0.1, 0.15) is 0 Å². The molecule has 0 spiro atoms. The van der Waals surface area contributed by atoms with Gasteiger partial charge in [-0.3, -0.25) is 0 Å². The molecule has 350 valence electrons. The first kappa shape index (κ1) is 56.2. The first-order chi connectivity index (χ1) is 29.4. The molecule has 1 rings (SSSR count). The molecule has 0 radical (unpaired) electrons. The van der Waals surface area contributed by atoms with Crippen LogP contribution in [0.25, 0.3) is 0 Å². The van der Waals surface area contributed by atoms with Gasteiger partial charge in [0.15, 0.2) is 0 Å². The number of hydrogen-bond donors (Lipinski definition) is 0. The van der Waals surface area contributed by atoms with E-state index in [0.29, 0.717) is 24.3 Å². The highest BCUT2D eigenvalue weighted by Crippen LogP contribution is 2.31. The zero-order chi connectivity index (χ0) is 43.7. The molecule has 0 N–H and O–H groups in total. The molecule has 1 aromatic rings. The fraction of sp³-hybridized carbons (Fsp3) is 0.857. The van der Waals surface area contributed by atoms with Crippen LogP contribution in [-0.2, 0) is 9.47 Å². The molecule has 0 aliphatic heterocycles. The summed E-state index contributed by atoms with van der Waals surface area (Å²) >= 11 is 0. The van der Waals surface area contributed by atoms with Gasteiger partial charge in [-0.2, -0.15) is 0 Å². The molecule has 1 aromatic carbocycles. The third-order valence-electron chi connectivity index (χ3n) is 13.8. The molecule has 0 amide bonds. The number of ether oxygens (including phenoxy) is 2. The molecule has 4 atom stereocenters. The van der Waals surface area contributed by atoms with Gasteiger partial charge in [0.2, 0.25) is 0 Å². The predicted molar refractivity (Wildman–Crippen MR) is 261 cm³/mol. The molecule has 60 heavy (non-hydrogen) atoms. The van der Waals surface area contributed by atoms with Crippen molar-refractivity contribution >= 4 is 11.9 Å². The Kier molecular flexibility index (Phi) is 38.6. The van der Waals surface area contributed by atoms with E-state index < -0.39 is 11.9 Å². The summed E-state index contributed by atoms with van der Waals surface area (Å²) in [7, 11) is 0. The number of hydrogen-bond acceptors (Lipinski definition) is 4. The smallest absolute Gasteiger partial charge is 0.339 e. The summed E-state index contributed by atoms with van der Waals surface area (Å²) in [5.74, 6) is 2.37. The Balaban J connectivity index is 2.49. The molecule has 4 nitrogen and oxygen atoms in total. The van der Waals surface area contributed by atoms with E-state index in [0.717, 1.165) is 49.4 Å². The van der Waals surface area contributed by atoms with Crippen LogP contribution in [0.1, 0.15) is 293 Å². The number of unbranched alkanes of at least 4 members (excludes halogenated alkanes) is 24. The summed E-state index contributed by atoms with van der Waals surface area (Å²) in [6, 6.07) is 7.01. The Morgan fingerprint density at radius 3 is 0.917 bits per heavy atom. The fourth-order valence-electron chi connectivity index (χ4n) is 9.46. The quantitative estimate of drug-likeness (QED) is 0.0485. The van der Waals surface area contributed by atoms with Gasteiger partial charge in [-0.05, 0) is 48.6 Å². The zero-order valence-electron chi connectivity index (χ0n) is 41.1. The molecule has 0 bridgehead atoms. The summed E-state index contributed by atoms with van der Waals surface area (Å²) in [4.78, 5) is 26.3. The Morgan fingerprint density at radius 2 is 0.617 bits per heavy atom. The van der Waals surface area contributed by atoms with Gasteiger partial charge in [0.25, 0.3) is 0 Å². The van der Waals surface area contributed by atoms with Crippen LogP contribution in [0.5, 0.6) is 0 Å². The van der Waals surface area contributed by atoms with Gasteiger partial charge in [0, 0.05) is 0 Å². The van der Waals surface area contributed by atoms with E-state index in [1.54, 1.807) is 24.3 Å². The second-order valence-electron chi connectivity index (χ2n) is 19.2. The molecular weight excluding hydrogens is 737 g/mol. The lowest BCUT2D eigenvalue weighted by atomic mass is 9.82. The van der Waals surface area contributed by atoms with Crippen LogP contribution in [0.4, 0.5) is 0 Å². The van der Waals surface area contributed by atoms with Crippen molar-refractivity contribution in [2.45, 2.75) is 273 Å². The van der Waals surface area contributed by atoms with Crippen LogP contribution < -0.4 is 0 Å². The Morgan fingerprint density at radius 1 is 0.367 bits per heavy atom. The van der Waals surface area contributed by atoms with Crippen LogP contribution in [0, 0.1) is 23.7 Å². The first-order valence-electron chi connectivity index (χ1n) is 26.8. The highest BCUT2D eigenvalue weighted by Gasteiger charge is 2.21. The minimum absolute atomic E-state index is 0.321. The summed E-state index contributed by atoms with van der Waals surface area (Å²) in [5, 5.41) is 0. The fourth-order valence-corrected chi connectivity index (χ4v) is 9.46. The number of rotatable bonds is 44. The first-order valence-corrected chi connectivity index (χ1v) is 26.8. The number of esters is 2. The molecule has 0 fully saturated rings. The highest BCUT2D eigenvalue weighted by atomic mass is 16.5. The van der Waals surface area contributed by atoms with Crippen LogP contribution in [-0.4, -0.2) is 25.2 Å². The SMILES string of the molecule is CCCCCCCCC(C)C(CCCCCCCC)CCCCCOC(=O)c1ccccc1C(=O)OCCCCCC(CCCCCCCC)C(C)CCCCCCCC. The van der Waals surface area contributed by atoms with E-state index in [1.165, 1.54) is 205 Å². The van der Waals surface area contributed by atoms with Crippen molar-refractivity contribution in [3.63, 3.8) is 0 Å². The lowest BCUT2D eigenvalue weighted by Gasteiger charge is -2.24. The Bertz CT molecular complexity index is 1010. The molecule has 0 saturated heterocycles. The van der Waals surface area contributed by atoms with Crippen molar-refractivity contribution in [2.75, 3.05) is 13.2 Å². The second-order valence-corrected chi connectivity index (χ2v) is 19.2. The van der Waals surface area contributed by atoms with Gasteiger partial charge < -0.3 is 9.47 Å². The summed E-state index contributed by atoms with van der Waals surface area (Å²) in [6.07, 6.45) is 47.2. The van der Waals surface area contributed by atoms with Crippen LogP contribution in [0.3, 0.4) is 0 Å². The molecule has 0 aromatic heterocycles. The highest BCUT2D eigenvalue weighted by molar-refractivity contribution is 6.03. The van der Waals surface area contributed by atoms with Gasteiger partial charge in [-0.1, -0.05) is 272 Å².